The maximum Gasteiger partial charge on any atom is 0.333 e. The van der Waals surface area contributed by atoms with E-state index in [1.165, 1.54) is 6.33 Å². The molecule has 0 amide bonds. The molecule has 0 atom stereocenters. The number of benzene rings is 1. The van der Waals surface area contributed by atoms with Gasteiger partial charge in [0.2, 0.25) is 5.89 Å². The number of rotatable bonds is 8. The predicted molar refractivity (Wildman–Crippen MR) is 75.4 cm³/mol. The van der Waals surface area contributed by atoms with Crippen LogP contribution in [0, 0.1) is 10.1 Å². The summed E-state index contributed by atoms with van der Waals surface area (Å²) in [6.45, 7) is 2.82. The van der Waals surface area contributed by atoms with E-state index in [4.69, 9.17) is 9.26 Å². The Balaban J connectivity index is 2.08. The van der Waals surface area contributed by atoms with Crippen LogP contribution >= 0.6 is 0 Å². The van der Waals surface area contributed by atoms with Gasteiger partial charge in [0.25, 0.3) is 0 Å². The van der Waals surface area contributed by atoms with E-state index >= 15 is 0 Å². The number of aromatic nitrogens is 2. The Labute approximate surface area is 121 Å². The quantitative estimate of drug-likeness (QED) is 0.588. The monoisotopic (exact) mass is 292 g/mol. The zero-order valence-corrected chi connectivity index (χ0v) is 11.6. The van der Waals surface area contributed by atoms with Crippen molar-refractivity contribution in [2.75, 3.05) is 18.5 Å². The summed E-state index contributed by atoms with van der Waals surface area (Å²) in [4.78, 5) is 14.7. The first-order valence-corrected chi connectivity index (χ1v) is 6.62. The zero-order valence-electron chi connectivity index (χ0n) is 11.6. The van der Waals surface area contributed by atoms with Crippen LogP contribution in [0.25, 0.3) is 0 Å². The van der Waals surface area contributed by atoms with E-state index in [1.807, 2.05) is 6.92 Å². The fraction of sp³-hybridized carbons (Fsp3) is 0.385. The Morgan fingerprint density at radius 3 is 3.00 bits per heavy atom. The molecule has 0 fully saturated rings. The maximum atomic E-state index is 11.2. The van der Waals surface area contributed by atoms with E-state index in [9.17, 15) is 10.1 Å². The number of nitrogens with one attached hydrogen (secondary N) is 1. The highest BCUT2D eigenvalue weighted by atomic mass is 16.6. The van der Waals surface area contributed by atoms with Crippen molar-refractivity contribution in [2.45, 2.75) is 19.8 Å². The van der Waals surface area contributed by atoms with Crippen LogP contribution in [0.4, 0.5) is 11.4 Å². The minimum absolute atomic E-state index is 0.0588. The fourth-order valence-corrected chi connectivity index (χ4v) is 1.79. The number of para-hydroxylation sites is 1. The van der Waals surface area contributed by atoms with Crippen molar-refractivity contribution < 1.29 is 14.2 Å². The molecule has 0 saturated carbocycles. The number of anilines is 1. The van der Waals surface area contributed by atoms with Gasteiger partial charge in [-0.3, -0.25) is 10.1 Å². The van der Waals surface area contributed by atoms with Gasteiger partial charge in [-0.1, -0.05) is 18.1 Å². The SMILES string of the molecule is CCCOc1cccc(NCCc2ncno2)c1[N+](=O)[O-]. The second kappa shape index (κ2) is 7.22. The third kappa shape index (κ3) is 3.91. The smallest absolute Gasteiger partial charge is 0.333 e. The molecule has 0 aliphatic rings. The number of nitro groups is 1. The lowest BCUT2D eigenvalue weighted by Gasteiger charge is -2.10. The number of hydrogen-bond acceptors (Lipinski definition) is 7. The largest absolute Gasteiger partial charge is 0.487 e. The van der Waals surface area contributed by atoms with Gasteiger partial charge < -0.3 is 14.6 Å². The summed E-state index contributed by atoms with van der Waals surface area (Å²) in [7, 11) is 0. The highest BCUT2D eigenvalue weighted by Gasteiger charge is 2.20. The van der Waals surface area contributed by atoms with E-state index in [-0.39, 0.29) is 11.4 Å². The third-order valence-electron chi connectivity index (χ3n) is 2.70. The normalized spacial score (nSPS) is 10.3. The van der Waals surface area contributed by atoms with E-state index in [2.05, 4.69) is 15.5 Å². The van der Waals surface area contributed by atoms with Gasteiger partial charge in [-0.2, -0.15) is 4.98 Å². The predicted octanol–water partition coefficient (Wildman–Crippen LogP) is 2.42. The molecule has 0 bridgehead atoms. The summed E-state index contributed by atoms with van der Waals surface area (Å²) in [5.41, 5.74) is 0.351. The van der Waals surface area contributed by atoms with Crippen molar-refractivity contribution >= 4 is 11.4 Å². The van der Waals surface area contributed by atoms with Crippen LogP contribution in [0.5, 0.6) is 5.75 Å². The highest BCUT2D eigenvalue weighted by Crippen LogP contribution is 2.34. The Bertz CT molecular complexity index is 586. The molecule has 0 radical (unpaired) electrons. The Kier molecular flexibility index (Phi) is 5.08. The minimum Gasteiger partial charge on any atom is -0.487 e. The molecule has 1 aromatic heterocycles. The molecule has 21 heavy (non-hydrogen) atoms. The fourth-order valence-electron chi connectivity index (χ4n) is 1.79. The summed E-state index contributed by atoms with van der Waals surface area (Å²) in [5.74, 6) is 0.744. The van der Waals surface area contributed by atoms with Gasteiger partial charge in [0.1, 0.15) is 5.69 Å². The van der Waals surface area contributed by atoms with Gasteiger partial charge in [0, 0.05) is 13.0 Å². The lowest BCUT2D eigenvalue weighted by Crippen LogP contribution is -2.08. The summed E-state index contributed by atoms with van der Waals surface area (Å²) >= 11 is 0. The number of ether oxygens (including phenoxy) is 1. The summed E-state index contributed by atoms with van der Waals surface area (Å²) in [6, 6.07) is 4.95. The van der Waals surface area contributed by atoms with Gasteiger partial charge >= 0.3 is 5.69 Å². The van der Waals surface area contributed by atoms with Crippen molar-refractivity contribution in [3.63, 3.8) is 0 Å². The van der Waals surface area contributed by atoms with Crippen molar-refractivity contribution in [3.8, 4) is 5.75 Å². The Hall–Kier alpha value is -2.64. The summed E-state index contributed by atoms with van der Waals surface area (Å²) < 4.78 is 10.3. The third-order valence-corrected chi connectivity index (χ3v) is 2.70. The molecule has 0 saturated heterocycles. The lowest BCUT2D eigenvalue weighted by molar-refractivity contribution is -0.385. The van der Waals surface area contributed by atoms with Gasteiger partial charge in [0.15, 0.2) is 12.1 Å². The minimum atomic E-state index is -0.444. The second-order valence-corrected chi connectivity index (χ2v) is 4.27. The van der Waals surface area contributed by atoms with Gasteiger partial charge in [-0.15, -0.1) is 0 Å². The van der Waals surface area contributed by atoms with Crippen LogP contribution in [-0.2, 0) is 6.42 Å². The molecule has 112 valence electrons. The molecule has 2 rings (SSSR count). The zero-order chi connectivity index (χ0) is 15.1. The molecule has 0 aliphatic carbocycles. The van der Waals surface area contributed by atoms with E-state index in [0.717, 1.165) is 6.42 Å². The molecule has 0 unspecified atom stereocenters. The summed E-state index contributed by atoms with van der Waals surface area (Å²) in [5, 5.41) is 17.7. The van der Waals surface area contributed by atoms with Crippen molar-refractivity contribution in [2.24, 2.45) is 0 Å². The molecule has 0 aliphatic heterocycles. The molecule has 1 heterocycles. The lowest BCUT2D eigenvalue weighted by atomic mass is 10.2. The maximum absolute atomic E-state index is 11.2. The molecular formula is C13H16N4O4. The Morgan fingerprint density at radius 2 is 2.33 bits per heavy atom. The number of hydrogen-bond donors (Lipinski definition) is 1. The van der Waals surface area contributed by atoms with Gasteiger partial charge in [0.05, 0.1) is 11.5 Å². The van der Waals surface area contributed by atoms with Crippen LogP contribution in [0.2, 0.25) is 0 Å². The second-order valence-electron chi connectivity index (χ2n) is 4.27. The first-order valence-electron chi connectivity index (χ1n) is 6.62. The molecular weight excluding hydrogens is 276 g/mol. The van der Waals surface area contributed by atoms with E-state index in [1.54, 1.807) is 18.2 Å². The van der Waals surface area contributed by atoms with Crippen LogP contribution in [-0.4, -0.2) is 28.2 Å². The molecule has 1 aromatic carbocycles. The van der Waals surface area contributed by atoms with Gasteiger partial charge in [-0.25, -0.2) is 0 Å². The topological polar surface area (TPSA) is 103 Å². The average Bonchev–Trinajstić information content (AvgIpc) is 2.98. The first-order chi connectivity index (χ1) is 10.2. The number of nitro benzene ring substituents is 1. The molecule has 8 heteroatoms. The first kappa shape index (κ1) is 14.8. The summed E-state index contributed by atoms with van der Waals surface area (Å²) in [6.07, 6.45) is 2.58. The van der Waals surface area contributed by atoms with Crippen LogP contribution < -0.4 is 10.1 Å². The van der Waals surface area contributed by atoms with Crippen molar-refractivity contribution in [3.05, 3.63) is 40.5 Å². The van der Waals surface area contributed by atoms with E-state index in [0.29, 0.717) is 31.2 Å². The molecule has 8 nitrogen and oxygen atoms in total. The highest BCUT2D eigenvalue weighted by molar-refractivity contribution is 5.68. The standard InChI is InChI=1S/C13H16N4O4/c1-2-8-20-11-5-3-4-10(13(11)17(18)19)14-7-6-12-15-9-16-21-12/h3-5,9,14H,2,6-8H2,1H3. The molecule has 2 aromatic rings. The van der Waals surface area contributed by atoms with Crippen molar-refractivity contribution in [1.29, 1.82) is 0 Å². The van der Waals surface area contributed by atoms with Crippen molar-refractivity contribution in [1.82, 2.24) is 10.1 Å². The molecule has 0 spiro atoms. The molecule has 1 N–H and O–H groups in total. The Morgan fingerprint density at radius 1 is 1.48 bits per heavy atom. The van der Waals surface area contributed by atoms with Crippen LogP contribution in [0.15, 0.2) is 29.0 Å². The van der Waals surface area contributed by atoms with Crippen LogP contribution in [0.3, 0.4) is 0 Å². The van der Waals surface area contributed by atoms with Crippen LogP contribution in [0.1, 0.15) is 19.2 Å². The number of nitrogens with zero attached hydrogens (tertiary/aromatic N) is 3. The van der Waals surface area contributed by atoms with Gasteiger partial charge in [-0.05, 0) is 18.6 Å². The average molecular weight is 292 g/mol. The van der Waals surface area contributed by atoms with E-state index < -0.39 is 4.92 Å².